The SMILES string of the molecule is COCCNC(=O)COc1ccc(Cl)cc1CCN. The second-order valence-electron chi connectivity index (χ2n) is 3.92. The number of halogens is 1. The molecule has 1 aromatic carbocycles. The smallest absolute Gasteiger partial charge is 0.258 e. The van der Waals surface area contributed by atoms with E-state index in [1.807, 2.05) is 0 Å². The van der Waals surface area contributed by atoms with Gasteiger partial charge in [0.2, 0.25) is 0 Å². The van der Waals surface area contributed by atoms with Crippen LogP contribution in [-0.2, 0) is 16.0 Å². The lowest BCUT2D eigenvalue weighted by molar-refractivity contribution is -0.123. The minimum atomic E-state index is -0.189. The van der Waals surface area contributed by atoms with Crippen molar-refractivity contribution >= 4 is 17.5 Å². The van der Waals surface area contributed by atoms with Crippen LogP contribution in [0.1, 0.15) is 5.56 Å². The van der Waals surface area contributed by atoms with Gasteiger partial charge in [-0.15, -0.1) is 0 Å². The molecule has 1 aromatic rings. The van der Waals surface area contributed by atoms with E-state index >= 15 is 0 Å². The number of nitrogens with one attached hydrogen (secondary N) is 1. The lowest BCUT2D eigenvalue weighted by atomic mass is 10.1. The first-order valence-corrected chi connectivity index (χ1v) is 6.42. The summed E-state index contributed by atoms with van der Waals surface area (Å²) in [7, 11) is 1.58. The molecule has 0 radical (unpaired) electrons. The van der Waals surface area contributed by atoms with Crippen molar-refractivity contribution in [2.24, 2.45) is 5.73 Å². The zero-order valence-electron chi connectivity index (χ0n) is 10.9. The van der Waals surface area contributed by atoms with Crippen LogP contribution >= 0.6 is 11.6 Å². The molecule has 5 nitrogen and oxygen atoms in total. The van der Waals surface area contributed by atoms with Gasteiger partial charge < -0.3 is 20.5 Å². The number of nitrogens with two attached hydrogens (primary N) is 1. The van der Waals surface area contributed by atoms with Gasteiger partial charge in [0.1, 0.15) is 5.75 Å². The second-order valence-corrected chi connectivity index (χ2v) is 4.36. The molecule has 0 bridgehead atoms. The molecule has 6 heteroatoms. The fourth-order valence-electron chi connectivity index (χ4n) is 1.53. The molecule has 3 N–H and O–H groups in total. The summed E-state index contributed by atoms with van der Waals surface area (Å²) in [6.45, 7) is 1.40. The maximum absolute atomic E-state index is 11.5. The molecule has 106 valence electrons. The van der Waals surface area contributed by atoms with Crippen molar-refractivity contribution in [3.63, 3.8) is 0 Å². The van der Waals surface area contributed by atoms with Crippen LogP contribution in [-0.4, -0.2) is 39.3 Å². The third-order valence-electron chi connectivity index (χ3n) is 2.42. The summed E-state index contributed by atoms with van der Waals surface area (Å²) in [6.07, 6.45) is 0.654. The monoisotopic (exact) mass is 286 g/mol. The van der Waals surface area contributed by atoms with E-state index in [2.05, 4.69) is 5.32 Å². The molecule has 0 aliphatic carbocycles. The maximum Gasteiger partial charge on any atom is 0.258 e. The highest BCUT2D eigenvalue weighted by Crippen LogP contribution is 2.23. The number of hydrogen-bond donors (Lipinski definition) is 2. The van der Waals surface area contributed by atoms with Gasteiger partial charge in [-0.1, -0.05) is 11.6 Å². The third-order valence-corrected chi connectivity index (χ3v) is 2.66. The molecule has 0 saturated carbocycles. The van der Waals surface area contributed by atoms with Crippen LogP contribution in [0.25, 0.3) is 0 Å². The summed E-state index contributed by atoms with van der Waals surface area (Å²) in [6, 6.07) is 5.27. The summed E-state index contributed by atoms with van der Waals surface area (Å²) in [5.41, 5.74) is 6.43. The molecule has 0 unspecified atom stereocenters. The number of methoxy groups -OCH3 is 1. The van der Waals surface area contributed by atoms with Crippen LogP contribution in [0.2, 0.25) is 5.02 Å². The van der Waals surface area contributed by atoms with Crippen molar-refractivity contribution in [2.45, 2.75) is 6.42 Å². The van der Waals surface area contributed by atoms with E-state index in [1.165, 1.54) is 0 Å². The van der Waals surface area contributed by atoms with Crippen LogP contribution in [0.3, 0.4) is 0 Å². The maximum atomic E-state index is 11.5. The number of ether oxygens (including phenoxy) is 2. The number of carbonyl (C=O) groups is 1. The quantitative estimate of drug-likeness (QED) is 0.699. The van der Waals surface area contributed by atoms with Crippen molar-refractivity contribution in [3.8, 4) is 5.75 Å². The predicted molar refractivity (Wildman–Crippen MR) is 74.6 cm³/mol. The fraction of sp³-hybridized carbons (Fsp3) is 0.462. The van der Waals surface area contributed by atoms with Crippen LogP contribution in [0.15, 0.2) is 18.2 Å². The van der Waals surface area contributed by atoms with Crippen molar-refractivity contribution < 1.29 is 14.3 Å². The summed E-state index contributed by atoms with van der Waals surface area (Å²) < 4.78 is 10.3. The van der Waals surface area contributed by atoms with E-state index in [4.69, 9.17) is 26.8 Å². The third kappa shape index (κ3) is 5.92. The summed E-state index contributed by atoms with van der Waals surface area (Å²) in [4.78, 5) is 11.5. The van der Waals surface area contributed by atoms with Gasteiger partial charge in [-0.3, -0.25) is 4.79 Å². The van der Waals surface area contributed by atoms with Gasteiger partial charge >= 0.3 is 0 Å². The Hall–Kier alpha value is -1.30. The molecule has 0 heterocycles. The lowest BCUT2D eigenvalue weighted by Gasteiger charge is -2.11. The predicted octanol–water partition coefficient (Wildman–Crippen LogP) is 0.983. The normalized spacial score (nSPS) is 10.3. The van der Waals surface area contributed by atoms with Gasteiger partial charge in [0, 0.05) is 18.7 Å². The summed E-state index contributed by atoms with van der Waals surface area (Å²) in [5, 5.41) is 3.30. The fourth-order valence-corrected chi connectivity index (χ4v) is 1.72. The van der Waals surface area contributed by atoms with Crippen LogP contribution in [0, 0.1) is 0 Å². The topological polar surface area (TPSA) is 73.6 Å². The Kier molecular flexibility index (Phi) is 7.25. The average Bonchev–Trinajstić information content (AvgIpc) is 2.38. The Morgan fingerprint density at radius 3 is 2.95 bits per heavy atom. The minimum Gasteiger partial charge on any atom is -0.483 e. The van der Waals surface area contributed by atoms with Crippen LogP contribution < -0.4 is 15.8 Å². The Morgan fingerprint density at radius 2 is 2.26 bits per heavy atom. The lowest BCUT2D eigenvalue weighted by Crippen LogP contribution is -2.31. The molecule has 0 spiro atoms. The molecule has 0 aliphatic rings. The number of rotatable bonds is 8. The van der Waals surface area contributed by atoms with E-state index in [0.717, 1.165) is 5.56 Å². The Balaban J connectivity index is 2.50. The van der Waals surface area contributed by atoms with Crippen molar-refractivity contribution in [3.05, 3.63) is 28.8 Å². The molecule has 0 atom stereocenters. The van der Waals surface area contributed by atoms with E-state index in [-0.39, 0.29) is 12.5 Å². The zero-order valence-corrected chi connectivity index (χ0v) is 11.7. The molecule has 0 aromatic heterocycles. The first-order chi connectivity index (χ1) is 9.17. The van der Waals surface area contributed by atoms with E-state index in [0.29, 0.717) is 36.9 Å². The standard InChI is InChI=1S/C13H19ClN2O3/c1-18-7-6-16-13(17)9-19-12-3-2-11(14)8-10(12)4-5-15/h2-3,8H,4-7,9,15H2,1H3,(H,16,17). The number of hydrogen-bond acceptors (Lipinski definition) is 4. The van der Waals surface area contributed by atoms with E-state index in [1.54, 1.807) is 25.3 Å². The molecule has 1 amide bonds. The highest BCUT2D eigenvalue weighted by atomic mass is 35.5. The van der Waals surface area contributed by atoms with Gasteiger partial charge in [-0.25, -0.2) is 0 Å². The molecule has 0 aliphatic heterocycles. The Labute approximate surface area is 118 Å². The highest BCUT2D eigenvalue weighted by Gasteiger charge is 2.07. The average molecular weight is 287 g/mol. The first-order valence-electron chi connectivity index (χ1n) is 6.04. The molecular formula is C13H19ClN2O3. The van der Waals surface area contributed by atoms with Gasteiger partial charge in [0.05, 0.1) is 6.61 Å². The van der Waals surface area contributed by atoms with Gasteiger partial charge in [0.15, 0.2) is 6.61 Å². The van der Waals surface area contributed by atoms with Crippen LogP contribution in [0.4, 0.5) is 0 Å². The molecule has 19 heavy (non-hydrogen) atoms. The van der Waals surface area contributed by atoms with Gasteiger partial charge in [0.25, 0.3) is 5.91 Å². The van der Waals surface area contributed by atoms with E-state index < -0.39 is 0 Å². The molecule has 0 fully saturated rings. The Bertz CT molecular complexity index is 413. The molecular weight excluding hydrogens is 268 g/mol. The highest BCUT2D eigenvalue weighted by molar-refractivity contribution is 6.30. The van der Waals surface area contributed by atoms with Gasteiger partial charge in [-0.05, 0) is 36.7 Å². The summed E-state index contributed by atoms with van der Waals surface area (Å²) >= 11 is 5.91. The largest absolute Gasteiger partial charge is 0.483 e. The zero-order chi connectivity index (χ0) is 14.1. The van der Waals surface area contributed by atoms with Crippen molar-refractivity contribution in [2.75, 3.05) is 33.4 Å². The van der Waals surface area contributed by atoms with Gasteiger partial charge in [-0.2, -0.15) is 0 Å². The molecule has 1 rings (SSSR count). The number of carbonyl (C=O) groups excluding carboxylic acids is 1. The van der Waals surface area contributed by atoms with Crippen molar-refractivity contribution in [1.29, 1.82) is 0 Å². The number of benzene rings is 1. The van der Waals surface area contributed by atoms with E-state index in [9.17, 15) is 4.79 Å². The second kappa shape index (κ2) is 8.74. The molecule has 0 saturated heterocycles. The van der Waals surface area contributed by atoms with Crippen LogP contribution in [0.5, 0.6) is 5.75 Å². The number of amides is 1. The Morgan fingerprint density at radius 1 is 1.47 bits per heavy atom. The minimum absolute atomic E-state index is 0.0388. The van der Waals surface area contributed by atoms with Crippen molar-refractivity contribution in [1.82, 2.24) is 5.32 Å². The first kappa shape index (κ1) is 15.8. The summed E-state index contributed by atoms with van der Waals surface area (Å²) in [5.74, 6) is 0.447.